The van der Waals surface area contributed by atoms with Crippen LogP contribution in [0.25, 0.3) is 0 Å². The van der Waals surface area contributed by atoms with Crippen LogP contribution in [-0.2, 0) is 14.8 Å². The molecule has 0 amide bonds. The Labute approximate surface area is 79.7 Å². The van der Waals surface area contributed by atoms with Gasteiger partial charge in [0.25, 0.3) is 0 Å². The van der Waals surface area contributed by atoms with Crippen molar-refractivity contribution < 1.29 is 13.2 Å². The molecule has 0 aliphatic heterocycles. The Morgan fingerprint density at radius 3 is 2.54 bits per heavy atom. The minimum absolute atomic E-state index is 0.0811. The SMILES string of the molecule is CCS(=O)(=O)NC(CCN)COC. The molecule has 13 heavy (non-hydrogen) atoms. The van der Waals surface area contributed by atoms with E-state index in [0.29, 0.717) is 19.6 Å². The standard InChI is InChI=1S/C7H18N2O3S/c1-3-13(10,11)9-7(4-5-8)6-12-2/h7,9H,3-6,8H2,1-2H3. The first kappa shape index (κ1) is 12.8. The molecule has 0 aliphatic rings. The topological polar surface area (TPSA) is 81.4 Å². The maximum atomic E-state index is 11.2. The summed E-state index contributed by atoms with van der Waals surface area (Å²) in [5.74, 6) is 0.0811. The van der Waals surface area contributed by atoms with Gasteiger partial charge in [-0.25, -0.2) is 13.1 Å². The van der Waals surface area contributed by atoms with Gasteiger partial charge in [0, 0.05) is 13.2 Å². The molecule has 3 N–H and O–H groups in total. The lowest BCUT2D eigenvalue weighted by Gasteiger charge is -2.16. The van der Waals surface area contributed by atoms with Crippen LogP contribution >= 0.6 is 0 Å². The molecule has 0 aliphatic carbocycles. The summed E-state index contributed by atoms with van der Waals surface area (Å²) in [6, 6.07) is -0.208. The number of nitrogens with two attached hydrogens (primary N) is 1. The molecular weight excluding hydrogens is 192 g/mol. The maximum Gasteiger partial charge on any atom is 0.211 e. The summed E-state index contributed by atoms with van der Waals surface area (Å²) < 4.78 is 29.7. The average Bonchev–Trinajstić information content (AvgIpc) is 2.05. The van der Waals surface area contributed by atoms with E-state index in [1.165, 1.54) is 7.11 Å². The molecule has 5 nitrogen and oxygen atoms in total. The van der Waals surface area contributed by atoms with Crippen molar-refractivity contribution in [2.45, 2.75) is 19.4 Å². The number of hydrogen-bond acceptors (Lipinski definition) is 4. The van der Waals surface area contributed by atoms with Gasteiger partial charge < -0.3 is 10.5 Å². The van der Waals surface area contributed by atoms with Gasteiger partial charge in [-0.3, -0.25) is 0 Å². The third kappa shape index (κ3) is 5.98. The van der Waals surface area contributed by atoms with Gasteiger partial charge in [0.15, 0.2) is 0 Å². The lowest BCUT2D eigenvalue weighted by Crippen LogP contribution is -2.40. The molecule has 0 rings (SSSR count). The van der Waals surface area contributed by atoms with E-state index >= 15 is 0 Å². The predicted octanol–water partition coefficient (Wildman–Crippen LogP) is -0.710. The van der Waals surface area contributed by atoms with Gasteiger partial charge in [-0.05, 0) is 19.9 Å². The van der Waals surface area contributed by atoms with Gasteiger partial charge in [0.2, 0.25) is 10.0 Å². The Morgan fingerprint density at radius 1 is 1.54 bits per heavy atom. The van der Waals surface area contributed by atoms with Crippen LogP contribution in [0, 0.1) is 0 Å². The van der Waals surface area contributed by atoms with Crippen molar-refractivity contribution in [3.8, 4) is 0 Å². The average molecular weight is 210 g/mol. The smallest absolute Gasteiger partial charge is 0.211 e. The van der Waals surface area contributed by atoms with E-state index < -0.39 is 10.0 Å². The van der Waals surface area contributed by atoms with Crippen molar-refractivity contribution >= 4 is 10.0 Å². The van der Waals surface area contributed by atoms with Crippen molar-refractivity contribution in [1.82, 2.24) is 4.72 Å². The molecule has 0 aromatic heterocycles. The molecule has 80 valence electrons. The van der Waals surface area contributed by atoms with E-state index in [2.05, 4.69) is 4.72 Å². The van der Waals surface area contributed by atoms with Gasteiger partial charge in [-0.1, -0.05) is 0 Å². The third-order valence-electron chi connectivity index (χ3n) is 1.61. The number of ether oxygens (including phenoxy) is 1. The number of methoxy groups -OCH3 is 1. The third-order valence-corrected chi connectivity index (χ3v) is 3.06. The van der Waals surface area contributed by atoms with E-state index in [4.69, 9.17) is 10.5 Å². The second-order valence-corrected chi connectivity index (χ2v) is 4.79. The van der Waals surface area contributed by atoms with E-state index in [1.54, 1.807) is 6.92 Å². The van der Waals surface area contributed by atoms with Crippen LogP contribution in [0.5, 0.6) is 0 Å². The molecule has 6 heteroatoms. The Bertz CT molecular complexity index is 210. The van der Waals surface area contributed by atoms with Gasteiger partial charge in [0.1, 0.15) is 0 Å². The van der Waals surface area contributed by atoms with Crippen LogP contribution in [0.2, 0.25) is 0 Å². The zero-order valence-electron chi connectivity index (χ0n) is 8.12. The van der Waals surface area contributed by atoms with Crippen LogP contribution in [0.1, 0.15) is 13.3 Å². The molecule has 0 heterocycles. The Hall–Kier alpha value is -0.170. The molecule has 0 spiro atoms. The number of rotatable bonds is 7. The van der Waals surface area contributed by atoms with Crippen molar-refractivity contribution in [1.29, 1.82) is 0 Å². The van der Waals surface area contributed by atoms with Crippen molar-refractivity contribution in [2.75, 3.05) is 26.0 Å². The summed E-state index contributed by atoms with van der Waals surface area (Å²) in [5.41, 5.74) is 5.33. The molecule has 1 unspecified atom stereocenters. The second kappa shape index (κ2) is 6.31. The van der Waals surface area contributed by atoms with Crippen LogP contribution in [-0.4, -0.2) is 40.5 Å². The molecule has 0 aromatic carbocycles. The number of sulfonamides is 1. The molecule has 0 bridgehead atoms. The molecule has 1 atom stereocenters. The Morgan fingerprint density at radius 2 is 2.15 bits per heavy atom. The first-order chi connectivity index (χ1) is 6.05. The highest BCUT2D eigenvalue weighted by atomic mass is 32.2. The van der Waals surface area contributed by atoms with E-state index in [1.807, 2.05) is 0 Å². The van der Waals surface area contributed by atoms with Gasteiger partial charge in [-0.2, -0.15) is 0 Å². The van der Waals surface area contributed by atoms with Crippen LogP contribution < -0.4 is 10.5 Å². The minimum Gasteiger partial charge on any atom is -0.383 e. The zero-order chi connectivity index (χ0) is 10.3. The van der Waals surface area contributed by atoms with E-state index in [9.17, 15) is 8.42 Å². The van der Waals surface area contributed by atoms with Crippen LogP contribution in [0.15, 0.2) is 0 Å². The summed E-state index contributed by atoms with van der Waals surface area (Å²) in [7, 11) is -1.62. The summed E-state index contributed by atoms with van der Waals surface area (Å²) >= 11 is 0. The van der Waals surface area contributed by atoms with Crippen LogP contribution in [0.4, 0.5) is 0 Å². The fraction of sp³-hybridized carbons (Fsp3) is 1.00. The normalized spacial score (nSPS) is 14.4. The summed E-state index contributed by atoms with van der Waals surface area (Å²) in [6.07, 6.45) is 0.590. The van der Waals surface area contributed by atoms with E-state index in [0.717, 1.165) is 0 Å². The maximum absolute atomic E-state index is 11.2. The van der Waals surface area contributed by atoms with Gasteiger partial charge >= 0.3 is 0 Å². The Balaban J connectivity index is 4.08. The number of nitrogens with one attached hydrogen (secondary N) is 1. The largest absolute Gasteiger partial charge is 0.383 e. The van der Waals surface area contributed by atoms with Gasteiger partial charge in [0.05, 0.1) is 12.4 Å². The second-order valence-electron chi connectivity index (χ2n) is 2.75. The lowest BCUT2D eigenvalue weighted by molar-refractivity contribution is 0.172. The highest BCUT2D eigenvalue weighted by molar-refractivity contribution is 7.89. The molecule has 0 fully saturated rings. The summed E-state index contributed by atoms with van der Waals surface area (Å²) in [4.78, 5) is 0. The summed E-state index contributed by atoms with van der Waals surface area (Å²) in [5, 5.41) is 0. The molecule has 0 radical (unpaired) electrons. The fourth-order valence-electron chi connectivity index (χ4n) is 0.916. The Kier molecular flexibility index (Phi) is 6.23. The van der Waals surface area contributed by atoms with E-state index in [-0.39, 0.29) is 11.8 Å². The van der Waals surface area contributed by atoms with Crippen molar-refractivity contribution in [2.24, 2.45) is 5.73 Å². The van der Waals surface area contributed by atoms with Crippen molar-refractivity contribution in [3.63, 3.8) is 0 Å². The first-order valence-electron chi connectivity index (χ1n) is 4.24. The molecule has 0 saturated carbocycles. The highest BCUT2D eigenvalue weighted by Gasteiger charge is 2.14. The van der Waals surface area contributed by atoms with Gasteiger partial charge in [-0.15, -0.1) is 0 Å². The van der Waals surface area contributed by atoms with Crippen molar-refractivity contribution in [3.05, 3.63) is 0 Å². The first-order valence-corrected chi connectivity index (χ1v) is 5.90. The molecule has 0 saturated heterocycles. The fourth-order valence-corrected chi connectivity index (χ4v) is 1.78. The zero-order valence-corrected chi connectivity index (χ0v) is 8.93. The van der Waals surface area contributed by atoms with Crippen LogP contribution in [0.3, 0.4) is 0 Å². The highest BCUT2D eigenvalue weighted by Crippen LogP contribution is 1.95. The number of hydrogen-bond donors (Lipinski definition) is 2. The predicted molar refractivity (Wildman–Crippen MR) is 51.9 cm³/mol. The molecule has 0 aromatic rings. The monoisotopic (exact) mass is 210 g/mol. The quantitative estimate of drug-likeness (QED) is 0.581. The summed E-state index contributed by atoms with van der Waals surface area (Å²) in [6.45, 7) is 2.39. The lowest BCUT2D eigenvalue weighted by atomic mass is 10.2. The minimum atomic E-state index is -3.15. The molecular formula is C7H18N2O3S.